The number of thiazole rings is 1. The van der Waals surface area contributed by atoms with Gasteiger partial charge in [0.05, 0.1) is 20.6 Å². The molecule has 1 saturated heterocycles. The van der Waals surface area contributed by atoms with Gasteiger partial charge in [0, 0.05) is 38.0 Å². The lowest BCUT2D eigenvalue weighted by molar-refractivity contribution is 0.384. The minimum absolute atomic E-state index is 0.167. The average molecular weight is 496 g/mol. The van der Waals surface area contributed by atoms with Crippen molar-refractivity contribution in [2.75, 3.05) is 31.1 Å². The van der Waals surface area contributed by atoms with E-state index in [4.69, 9.17) is 28.2 Å². The molecule has 31 heavy (non-hydrogen) atoms. The molecule has 0 atom stereocenters. The monoisotopic (exact) mass is 495 g/mol. The lowest BCUT2D eigenvalue weighted by atomic mass is 10.0. The molecule has 2 heterocycles. The lowest BCUT2D eigenvalue weighted by Crippen LogP contribution is -2.48. The molecule has 0 aliphatic carbocycles. The van der Waals surface area contributed by atoms with E-state index in [0.717, 1.165) is 17.2 Å². The van der Waals surface area contributed by atoms with Crippen molar-refractivity contribution < 1.29 is 8.42 Å². The summed E-state index contributed by atoms with van der Waals surface area (Å²) in [6.45, 7) is 6.19. The highest BCUT2D eigenvalue weighted by atomic mass is 35.5. The fourth-order valence-electron chi connectivity index (χ4n) is 3.81. The number of piperazine rings is 1. The molecular formula is C22H23Cl2N3O2S2. The zero-order valence-electron chi connectivity index (χ0n) is 17.3. The van der Waals surface area contributed by atoms with Crippen molar-refractivity contribution in [1.29, 1.82) is 0 Å². The number of hydrogen-bond acceptors (Lipinski definition) is 5. The molecule has 3 aromatic rings. The predicted octanol–water partition coefficient (Wildman–Crippen LogP) is 5.17. The molecule has 164 valence electrons. The highest BCUT2D eigenvalue weighted by Gasteiger charge is 2.29. The molecule has 0 spiro atoms. The van der Waals surface area contributed by atoms with Gasteiger partial charge in [0.2, 0.25) is 10.0 Å². The van der Waals surface area contributed by atoms with Crippen LogP contribution < -0.4 is 4.90 Å². The Hall–Kier alpha value is -1.64. The van der Waals surface area contributed by atoms with Crippen LogP contribution in [0.4, 0.5) is 5.13 Å². The van der Waals surface area contributed by atoms with Crippen LogP contribution in [0.25, 0.3) is 0 Å². The lowest BCUT2D eigenvalue weighted by Gasteiger charge is -2.33. The number of nitrogens with zero attached hydrogens (tertiary/aromatic N) is 3. The highest BCUT2D eigenvalue weighted by Crippen LogP contribution is 2.28. The van der Waals surface area contributed by atoms with Crippen LogP contribution in [-0.4, -0.2) is 43.9 Å². The largest absolute Gasteiger partial charge is 0.345 e. The normalized spacial score (nSPS) is 15.4. The van der Waals surface area contributed by atoms with Crippen LogP contribution >= 0.6 is 34.5 Å². The maximum atomic E-state index is 12.9. The first-order valence-corrected chi connectivity index (χ1v) is 13.0. The molecule has 4 rings (SSSR count). The zero-order chi connectivity index (χ0) is 22.2. The Morgan fingerprint density at radius 3 is 2.29 bits per heavy atom. The molecule has 1 aromatic heterocycles. The highest BCUT2D eigenvalue weighted by molar-refractivity contribution is 7.89. The summed E-state index contributed by atoms with van der Waals surface area (Å²) in [6.07, 6.45) is 0.796. The first-order chi connectivity index (χ1) is 14.7. The van der Waals surface area contributed by atoms with Gasteiger partial charge in [-0.2, -0.15) is 4.31 Å². The van der Waals surface area contributed by atoms with Gasteiger partial charge in [-0.3, -0.25) is 0 Å². The van der Waals surface area contributed by atoms with Crippen molar-refractivity contribution in [3.63, 3.8) is 0 Å². The van der Waals surface area contributed by atoms with Gasteiger partial charge < -0.3 is 4.90 Å². The number of halogens is 2. The van der Waals surface area contributed by atoms with Crippen molar-refractivity contribution in [1.82, 2.24) is 9.29 Å². The van der Waals surface area contributed by atoms with E-state index in [1.165, 1.54) is 39.2 Å². The van der Waals surface area contributed by atoms with Crippen LogP contribution in [-0.2, 0) is 16.4 Å². The van der Waals surface area contributed by atoms with Crippen LogP contribution in [0.15, 0.2) is 46.7 Å². The Balaban J connectivity index is 1.41. The molecule has 0 unspecified atom stereocenters. The van der Waals surface area contributed by atoms with Crippen molar-refractivity contribution in [3.05, 3.63) is 74.2 Å². The van der Waals surface area contributed by atoms with Gasteiger partial charge in [0.15, 0.2) is 5.13 Å². The Morgan fingerprint density at radius 2 is 1.65 bits per heavy atom. The van der Waals surface area contributed by atoms with Crippen LogP contribution in [0.5, 0.6) is 0 Å². The molecule has 1 aliphatic heterocycles. The van der Waals surface area contributed by atoms with E-state index < -0.39 is 10.0 Å². The van der Waals surface area contributed by atoms with E-state index >= 15 is 0 Å². The molecule has 0 N–H and O–H groups in total. The third-order valence-corrected chi connectivity index (χ3v) is 8.83. The Bertz CT molecular complexity index is 1180. The second-order valence-corrected chi connectivity index (χ2v) is 11.4. The number of hydrogen-bond donors (Lipinski definition) is 0. The standard InChI is InChI=1S/C22H23Cl2N3O2S2/c1-15-9-16(2)11-17(10-15)12-18-14-30-22(25-18)26-5-7-27(8-6-26)31(28,29)19-3-4-20(23)21(24)13-19/h3-4,9-11,13-14H,5-8,12H2,1-2H3. The third-order valence-electron chi connectivity index (χ3n) is 5.24. The van der Waals surface area contributed by atoms with Crippen molar-refractivity contribution in [3.8, 4) is 0 Å². The van der Waals surface area contributed by atoms with Crippen molar-refractivity contribution in [2.45, 2.75) is 25.2 Å². The Kier molecular flexibility index (Phi) is 6.60. The van der Waals surface area contributed by atoms with Gasteiger partial charge in [-0.15, -0.1) is 11.3 Å². The number of sulfonamides is 1. The van der Waals surface area contributed by atoms with Gasteiger partial charge in [-0.05, 0) is 37.6 Å². The fraction of sp³-hybridized carbons (Fsp3) is 0.318. The first-order valence-electron chi connectivity index (χ1n) is 9.94. The SMILES string of the molecule is Cc1cc(C)cc(Cc2csc(N3CCN(S(=O)(=O)c4ccc(Cl)c(Cl)c4)CC3)n2)c1. The molecule has 0 saturated carbocycles. The van der Waals surface area contributed by atoms with Gasteiger partial charge in [-0.1, -0.05) is 52.5 Å². The number of aromatic nitrogens is 1. The second-order valence-electron chi connectivity index (χ2n) is 7.76. The minimum atomic E-state index is -3.60. The molecular weight excluding hydrogens is 473 g/mol. The van der Waals surface area contributed by atoms with E-state index in [1.807, 2.05) is 0 Å². The topological polar surface area (TPSA) is 53.5 Å². The maximum absolute atomic E-state index is 12.9. The van der Waals surface area contributed by atoms with Gasteiger partial charge in [0.25, 0.3) is 0 Å². The summed E-state index contributed by atoms with van der Waals surface area (Å²) in [6, 6.07) is 11.0. The molecule has 1 aliphatic rings. The van der Waals surface area contributed by atoms with Crippen molar-refractivity contribution >= 4 is 49.7 Å². The molecule has 1 fully saturated rings. The minimum Gasteiger partial charge on any atom is -0.345 e. The Morgan fingerprint density at radius 1 is 0.968 bits per heavy atom. The van der Waals surface area contributed by atoms with Crippen LogP contribution in [0.2, 0.25) is 10.0 Å². The summed E-state index contributed by atoms with van der Waals surface area (Å²) in [5.74, 6) is 0. The van der Waals surface area contributed by atoms with E-state index in [9.17, 15) is 8.42 Å². The van der Waals surface area contributed by atoms with Gasteiger partial charge in [-0.25, -0.2) is 13.4 Å². The quantitative estimate of drug-likeness (QED) is 0.489. The number of rotatable bonds is 5. The van der Waals surface area contributed by atoms with Crippen LogP contribution in [0, 0.1) is 13.8 Å². The molecule has 0 bridgehead atoms. The number of aryl methyl sites for hydroxylation is 2. The smallest absolute Gasteiger partial charge is 0.243 e. The number of benzene rings is 2. The number of anilines is 1. The average Bonchev–Trinajstić information content (AvgIpc) is 3.17. The third kappa shape index (κ3) is 5.07. The summed E-state index contributed by atoms with van der Waals surface area (Å²) >= 11 is 13.5. The van der Waals surface area contributed by atoms with Crippen LogP contribution in [0.3, 0.4) is 0 Å². The maximum Gasteiger partial charge on any atom is 0.243 e. The van der Waals surface area contributed by atoms with E-state index in [1.54, 1.807) is 11.3 Å². The summed E-state index contributed by atoms with van der Waals surface area (Å²) in [5, 5.41) is 3.60. The molecule has 0 radical (unpaired) electrons. The summed E-state index contributed by atoms with van der Waals surface area (Å²) < 4.78 is 27.4. The summed E-state index contributed by atoms with van der Waals surface area (Å²) in [4.78, 5) is 7.12. The van der Waals surface area contributed by atoms with Crippen molar-refractivity contribution in [2.24, 2.45) is 0 Å². The molecule has 0 amide bonds. The predicted molar refractivity (Wildman–Crippen MR) is 128 cm³/mol. The molecule has 5 nitrogen and oxygen atoms in total. The molecule has 9 heteroatoms. The van der Waals surface area contributed by atoms with E-state index in [2.05, 4.69) is 42.3 Å². The van der Waals surface area contributed by atoms with Crippen LogP contribution in [0.1, 0.15) is 22.4 Å². The summed E-state index contributed by atoms with van der Waals surface area (Å²) in [7, 11) is -3.60. The van der Waals surface area contributed by atoms with Gasteiger partial charge in [0.1, 0.15) is 0 Å². The first kappa shape index (κ1) is 22.6. The van der Waals surface area contributed by atoms with Gasteiger partial charge >= 0.3 is 0 Å². The molecule has 2 aromatic carbocycles. The second kappa shape index (κ2) is 9.08. The fourth-order valence-corrected chi connectivity index (χ4v) is 6.50. The Labute approximate surface area is 197 Å². The zero-order valence-corrected chi connectivity index (χ0v) is 20.5. The van der Waals surface area contributed by atoms with E-state index in [0.29, 0.717) is 31.2 Å². The summed E-state index contributed by atoms with van der Waals surface area (Å²) in [5.41, 5.74) is 4.80. The van der Waals surface area contributed by atoms with E-state index in [-0.39, 0.29) is 9.92 Å².